The van der Waals surface area contributed by atoms with Gasteiger partial charge in [0.2, 0.25) is 0 Å². The number of carbonyl (C=O) groups is 1. The molecule has 1 aromatic carbocycles. The first-order valence-corrected chi connectivity index (χ1v) is 5.52. The summed E-state index contributed by atoms with van der Waals surface area (Å²) in [6, 6.07) is 8.26. The summed E-state index contributed by atoms with van der Waals surface area (Å²) in [6.07, 6.45) is 0. The number of benzene rings is 1. The quantitative estimate of drug-likeness (QED) is 0.839. The van der Waals surface area contributed by atoms with Crippen LogP contribution in [0.1, 0.15) is 15.2 Å². The molecular formula is C12H10O3S. The monoisotopic (exact) mass is 234 g/mol. The molecule has 0 aliphatic carbocycles. The molecule has 0 aliphatic heterocycles. The summed E-state index contributed by atoms with van der Waals surface area (Å²) in [7, 11) is 0. The fourth-order valence-electron chi connectivity index (χ4n) is 1.53. The van der Waals surface area contributed by atoms with Crippen LogP contribution in [0.3, 0.4) is 0 Å². The number of rotatable bonds is 2. The van der Waals surface area contributed by atoms with E-state index in [9.17, 15) is 9.90 Å². The van der Waals surface area contributed by atoms with Gasteiger partial charge in [-0.2, -0.15) is 0 Å². The third-order valence-corrected chi connectivity index (χ3v) is 3.29. The first-order valence-electron chi connectivity index (χ1n) is 4.71. The molecule has 2 aromatic rings. The number of hydrogen-bond acceptors (Lipinski definition) is 3. The highest BCUT2D eigenvalue weighted by Crippen LogP contribution is 2.33. The largest absolute Gasteiger partial charge is 0.508 e. The van der Waals surface area contributed by atoms with Gasteiger partial charge in [0.15, 0.2) is 0 Å². The molecule has 0 unspecified atom stereocenters. The molecule has 0 radical (unpaired) electrons. The van der Waals surface area contributed by atoms with Crippen molar-refractivity contribution in [3.05, 3.63) is 40.8 Å². The molecule has 4 heteroatoms. The Morgan fingerprint density at radius 3 is 2.69 bits per heavy atom. The first kappa shape index (κ1) is 10.7. The predicted octanol–water partition coefficient (Wildman–Crippen LogP) is 3.13. The van der Waals surface area contributed by atoms with E-state index in [2.05, 4.69) is 0 Å². The molecule has 1 heterocycles. The number of carboxylic acids is 1. The summed E-state index contributed by atoms with van der Waals surface area (Å²) in [5, 5.41) is 18.4. The molecule has 1 aromatic heterocycles. The van der Waals surface area contributed by atoms with Crippen LogP contribution in [-0.4, -0.2) is 16.2 Å². The second-order valence-electron chi connectivity index (χ2n) is 3.46. The van der Waals surface area contributed by atoms with Crippen LogP contribution in [0.4, 0.5) is 0 Å². The van der Waals surface area contributed by atoms with Crippen molar-refractivity contribution in [1.82, 2.24) is 0 Å². The highest BCUT2D eigenvalue weighted by atomic mass is 32.1. The fourth-order valence-corrected chi connectivity index (χ4v) is 2.53. The Hall–Kier alpha value is -1.81. The van der Waals surface area contributed by atoms with Gasteiger partial charge in [0.1, 0.15) is 5.75 Å². The molecule has 0 amide bonds. The van der Waals surface area contributed by atoms with Crippen molar-refractivity contribution in [2.75, 3.05) is 0 Å². The predicted molar refractivity (Wildman–Crippen MR) is 63.1 cm³/mol. The van der Waals surface area contributed by atoms with Crippen LogP contribution in [0, 0.1) is 6.92 Å². The van der Waals surface area contributed by atoms with Crippen LogP contribution < -0.4 is 0 Å². The number of carboxylic acid groups (broad SMARTS) is 1. The minimum Gasteiger partial charge on any atom is -0.508 e. The SMILES string of the molecule is Cc1cc(C(=O)O)c(-c2cccc(O)c2)s1. The molecule has 82 valence electrons. The Morgan fingerprint density at radius 1 is 1.31 bits per heavy atom. The van der Waals surface area contributed by atoms with Gasteiger partial charge in [0, 0.05) is 9.75 Å². The molecule has 3 nitrogen and oxygen atoms in total. The van der Waals surface area contributed by atoms with Crippen molar-refractivity contribution in [3.63, 3.8) is 0 Å². The third-order valence-electron chi connectivity index (χ3n) is 2.19. The maximum absolute atomic E-state index is 11.0. The van der Waals surface area contributed by atoms with Gasteiger partial charge in [0.05, 0.1) is 5.56 Å². The number of hydrogen-bond donors (Lipinski definition) is 2. The summed E-state index contributed by atoms with van der Waals surface area (Å²) in [5.74, 6) is -0.803. The van der Waals surface area contributed by atoms with E-state index in [0.29, 0.717) is 4.88 Å². The number of aromatic hydroxyl groups is 1. The zero-order valence-corrected chi connectivity index (χ0v) is 9.41. The van der Waals surface area contributed by atoms with E-state index in [0.717, 1.165) is 10.4 Å². The van der Waals surface area contributed by atoms with Crippen LogP contribution in [-0.2, 0) is 0 Å². The molecule has 0 saturated heterocycles. The second-order valence-corrected chi connectivity index (χ2v) is 4.71. The molecular weight excluding hydrogens is 224 g/mol. The topological polar surface area (TPSA) is 57.5 Å². The average molecular weight is 234 g/mol. The van der Waals surface area contributed by atoms with Gasteiger partial charge in [-0.05, 0) is 30.7 Å². The molecule has 2 rings (SSSR count). The van der Waals surface area contributed by atoms with Gasteiger partial charge in [-0.25, -0.2) is 4.79 Å². The molecule has 0 spiro atoms. The minimum absolute atomic E-state index is 0.139. The Kier molecular flexibility index (Phi) is 2.66. The lowest BCUT2D eigenvalue weighted by molar-refractivity contribution is 0.0698. The number of aromatic carboxylic acids is 1. The van der Waals surface area contributed by atoms with Crippen molar-refractivity contribution in [2.45, 2.75) is 6.92 Å². The van der Waals surface area contributed by atoms with E-state index in [4.69, 9.17) is 5.11 Å². The van der Waals surface area contributed by atoms with Crippen molar-refractivity contribution in [1.29, 1.82) is 0 Å². The van der Waals surface area contributed by atoms with Gasteiger partial charge in [0.25, 0.3) is 0 Å². The van der Waals surface area contributed by atoms with E-state index >= 15 is 0 Å². The van der Waals surface area contributed by atoms with E-state index in [1.165, 1.54) is 11.3 Å². The maximum Gasteiger partial charge on any atom is 0.337 e. The molecule has 0 fully saturated rings. The van der Waals surface area contributed by atoms with Gasteiger partial charge in [-0.3, -0.25) is 0 Å². The molecule has 0 aliphatic rings. The second kappa shape index (κ2) is 3.98. The van der Waals surface area contributed by atoms with Gasteiger partial charge in [-0.1, -0.05) is 12.1 Å². The van der Waals surface area contributed by atoms with E-state index < -0.39 is 5.97 Å². The van der Waals surface area contributed by atoms with Crippen LogP contribution >= 0.6 is 11.3 Å². The summed E-state index contributed by atoms with van der Waals surface area (Å²) < 4.78 is 0. The van der Waals surface area contributed by atoms with Crippen LogP contribution in [0.5, 0.6) is 5.75 Å². The lowest BCUT2D eigenvalue weighted by Crippen LogP contribution is -1.95. The zero-order valence-electron chi connectivity index (χ0n) is 8.60. The highest BCUT2D eigenvalue weighted by Gasteiger charge is 2.15. The van der Waals surface area contributed by atoms with E-state index in [1.54, 1.807) is 30.3 Å². The Morgan fingerprint density at radius 2 is 2.06 bits per heavy atom. The Balaban J connectivity index is 2.59. The lowest BCUT2D eigenvalue weighted by atomic mass is 10.1. The number of phenols is 1. The van der Waals surface area contributed by atoms with Crippen LogP contribution in [0.2, 0.25) is 0 Å². The standard InChI is InChI=1S/C12H10O3S/c1-7-5-10(12(14)15)11(16-7)8-3-2-4-9(13)6-8/h2-6,13H,1H3,(H,14,15). The number of phenolic OH excluding ortho intramolecular Hbond substituents is 1. The molecule has 0 saturated carbocycles. The minimum atomic E-state index is -0.942. The molecule has 16 heavy (non-hydrogen) atoms. The Labute approximate surface area is 96.6 Å². The van der Waals surface area contributed by atoms with E-state index in [1.807, 2.05) is 6.92 Å². The van der Waals surface area contributed by atoms with Crippen molar-refractivity contribution in [2.24, 2.45) is 0 Å². The lowest BCUT2D eigenvalue weighted by Gasteiger charge is -2.00. The first-order chi connectivity index (χ1) is 7.58. The summed E-state index contributed by atoms with van der Waals surface area (Å²) in [5.41, 5.74) is 1.02. The normalized spacial score (nSPS) is 10.3. The fraction of sp³-hybridized carbons (Fsp3) is 0.0833. The van der Waals surface area contributed by atoms with Gasteiger partial charge >= 0.3 is 5.97 Å². The number of thiophene rings is 1. The van der Waals surface area contributed by atoms with Gasteiger partial charge < -0.3 is 10.2 Å². The Bertz CT molecular complexity index is 543. The van der Waals surface area contributed by atoms with Crippen molar-refractivity contribution < 1.29 is 15.0 Å². The van der Waals surface area contributed by atoms with E-state index in [-0.39, 0.29) is 11.3 Å². The van der Waals surface area contributed by atoms with Crippen LogP contribution in [0.15, 0.2) is 30.3 Å². The van der Waals surface area contributed by atoms with Gasteiger partial charge in [-0.15, -0.1) is 11.3 Å². The third kappa shape index (κ3) is 1.92. The number of aryl methyl sites for hydroxylation is 1. The van der Waals surface area contributed by atoms with Crippen molar-refractivity contribution in [3.8, 4) is 16.2 Å². The average Bonchev–Trinajstić information content (AvgIpc) is 2.60. The van der Waals surface area contributed by atoms with Crippen molar-refractivity contribution >= 4 is 17.3 Å². The zero-order chi connectivity index (χ0) is 11.7. The molecule has 0 atom stereocenters. The van der Waals surface area contributed by atoms with Crippen LogP contribution in [0.25, 0.3) is 10.4 Å². The summed E-state index contributed by atoms with van der Waals surface area (Å²) in [6.45, 7) is 1.86. The maximum atomic E-state index is 11.0. The summed E-state index contributed by atoms with van der Waals surface area (Å²) in [4.78, 5) is 12.7. The molecule has 2 N–H and O–H groups in total. The molecule has 0 bridgehead atoms. The smallest absolute Gasteiger partial charge is 0.337 e. The highest BCUT2D eigenvalue weighted by molar-refractivity contribution is 7.15. The summed E-state index contributed by atoms with van der Waals surface area (Å²) >= 11 is 1.41.